The molecule has 24 heavy (non-hydrogen) atoms. The topological polar surface area (TPSA) is 25.8 Å². The van der Waals surface area contributed by atoms with E-state index in [2.05, 4.69) is 72.3 Å². The zero-order valence-electron chi connectivity index (χ0n) is 14.1. The number of fused-ring (bicyclic) bond motifs is 2. The molecule has 1 heterocycles. The van der Waals surface area contributed by atoms with Crippen molar-refractivity contribution >= 4 is 21.8 Å². The van der Waals surface area contributed by atoms with Crippen LogP contribution in [-0.4, -0.2) is 9.97 Å². The minimum absolute atomic E-state index is 0.975. The summed E-state index contributed by atoms with van der Waals surface area (Å²) in [7, 11) is 0. The van der Waals surface area contributed by atoms with Crippen LogP contribution >= 0.6 is 0 Å². The monoisotopic (exact) mass is 312 g/mol. The van der Waals surface area contributed by atoms with Crippen LogP contribution < -0.4 is 0 Å². The fourth-order valence-electron chi connectivity index (χ4n) is 3.45. The van der Waals surface area contributed by atoms with Crippen LogP contribution in [0.1, 0.15) is 22.3 Å². The van der Waals surface area contributed by atoms with Crippen molar-refractivity contribution in [2.75, 3.05) is 0 Å². The van der Waals surface area contributed by atoms with Crippen LogP contribution in [0.15, 0.2) is 60.9 Å². The summed E-state index contributed by atoms with van der Waals surface area (Å²) in [6.45, 7) is 4.27. The third-order valence-electron chi connectivity index (χ3n) is 4.81. The Morgan fingerprint density at radius 2 is 1.25 bits per heavy atom. The quantitative estimate of drug-likeness (QED) is 0.520. The van der Waals surface area contributed by atoms with Crippen LogP contribution in [0.5, 0.6) is 0 Å². The Kier molecular flexibility index (Phi) is 3.73. The average molecular weight is 312 g/mol. The van der Waals surface area contributed by atoms with Crippen molar-refractivity contribution < 1.29 is 0 Å². The van der Waals surface area contributed by atoms with E-state index in [0.29, 0.717) is 0 Å². The molecular formula is C22H20N2. The highest BCUT2D eigenvalue weighted by molar-refractivity contribution is 5.88. The molecule has 0 radical (unpaired) electrons. The van der Waals surface area contributed by atoms with Gasteiger partial charge in [-0.2, -0.15) is 0 Å². The highest BCUT2D eigenvalue weighted by atomic mass is 14.8. The zero-order chi connectivity index (χ0) is 16.5. The zero-order valence-corrected chi connectivity index (χ0v) is 14.1. The highest BCUT2D eigenvalue weighted by Gasteiger charge is 2.08. The molecule has 0 bridgehead atoms. The SMILES string of the molecule is Cc1ccc(CCc2ccc(C)c3nccnc23)c2ccccc12. The Labute approximate surface area is 142 Å². The fraction of sp³-hybridized carbons (Fsp3) is 0.182. The summed E-state index contributed by atoms with van der Waals surface area (Å²) in [6, 6.07) is 17.5. The van der Waals surface area contributed by atoms with Gasteiger partial charge in [0.15, 0.2) is 0 Å². The minimum Gasteiger partial charge on any atom is -0.253 e. The van der Waals surface area contributed by atoms with Gasteiger partial charge in [-0.1, -0.05) is 48.5 Å². The van der Waals surface area contributed by atoms with Crippen molar-refractivity contribution in [3.05, 3.63) is 83.2 Å². The van der Waals surface area contributed by atoms with Gasteiger partial charge in [0.05, 0.1) is 11.0 Å². The molecule has 3 aromatic carbocycles. The predicted molar refractivity (Wildman–Crippen MR) is 100 cm³/mol. The first kappa shape index (κ1) is 14.8. The van der Waals surface area contributed by atoms with Crippen molar-refractivity contribution in [2.45, 2.75) is 26.7 Å². The third-order valence-corrected chi connectivity index (χ3v) is 4.81. The van der Waals surface area contributed by atoms with Crippen LogP contribution in [0, 0.1) is 13.8 Å². The molecular weight excluding hydrogens is 292 g/mol. The number of hydrogen-bond acceptors (Lipinski definition) is 2. The van der Waals surface area contributed by atoms with Crippen LogP contribution in [-0.2, 0) is 12.8 Å². The lowest BCUT2D eigenvalue weighted by molar-refractivity contribution is 0.971. The van der Waals surface area contributed by atoms with E-state index < -0.39 is 0 Å². The summed E-state index contributed by atoms with van der Waals surface area (Å²) in [6.07, 6.45) is 5.54. The van der Waals surface area contributed by atoms with Crippen LogP contribution in [0.3, 0.4) is 0 Å². The first-order valence-electron chi connectivity index (χ1n) is 8.40. The van der Waals surface area contributed by atoms with Gasteiger partial charge in [-0.05, 0) is 59.7 Å². The van der Waals surface area contributed by atoms with Gasteiger partial charge in [0, 0.05) is 12.4 Å². The maximum atomic E-state index is 4.57. The second kappa shape index (κ2) is 6.04. The van der Waals surface area contributed by atoms with Crippen LogP contribution in [0.4, 0.5) is 0 Å². The van der Waals surface area contributed by atoms with Gasteiger partial charge in [-0.3, -0.25) is 9.97 Å². The van der Waals surface area contributed by atoms with Crippen molar-refractivity contribution in [3.8, 4) is 0 Å². The van der Waals surface area contributed by atoms with E-state index in [1.807, 2.05) is 0 Å². The van der Waals surface area contributed by atoms with E-state index in [0.717, 1.165) is 23.9 Å². The Hall–Kier alpha value is -2.74. The Morgan fingerprint density at radius 3 is 2.08 bits per heavy atom. The van der Waals surface area contributed by atoms with Gasteiger partial charge in [-0.25, -0.2) is 0 Å². The fourth-order valence-corrected chi connectivity index (χ4v) is 3.45. The lowest BCUT2D eigenvalue weighted by Gasteiger charge is -2.11. The van der Waals surface area contributed by atoms with E-state index in [4.69, 9.17) is 0 Å². The largest absolute Gasteiger partial charge is 0.253 e. The molecule has 0 unspecified atom stereocenters. The van der Waals surface area contributed by atoms with Crippen LogP contribution in [0.25, 0.3) is 21.8 Å². The molecule has 118 valence electrons. The highest BCUT2D eigenvalue weighted by Crippen LogP contribution is 2.25. The first-order valence-corrected chi connectivity index (χ1v) is 8.40. The van der Waals surface area contributed by atoms with Gasteiger partial charge in [0.1, 0.15) is 0 Å². The molecule has 0 fully saturated rings. The second-order valence-corrected chi connectivity index (χ2v) is 6.38. The number of rotatable bonds is 3. The maximum Gasteiger partial charge on any atom is 0.0921 e. The van der Waals surface area contributed by atoms with E-state index in [9.17, 15) is 0 Å². The molecule has 0 aliphatic rings. The second-order valence-electron chi connectivity index (χ2n) is 6.38. The summed E-state index contributed by atoms with van der Waals surface area (Å²) < 4.78 is 0. The molecule has 4 rings (SSSR count). The maximum absolute atomic E-state index is 4.57. The van der Waals surface area contributed by atoms with Crippen molar-refractivity contribution in [1.29, 1.82) is 0 Å². The number of hydrogen-bond donors (Lipinski definition) is 0. The Bertz CT molecular complexity index is 949. The van der Waals surface area contributed by atoms with Crippen LogP contribution in [0.2, 0.25) is 0 Å². The number of aryl methyl sites for hydroxylation is 4. The summed E-state index contributed by atoms with van der Waals surface area (Å²) in [4.78, 5) is 9.06. The Balaban J connectivity index is 1.72. The number of aromatic nitrogens is 2. The molecule has 0 amide bonds. The number of benzene rings is 3. The molecule has 0 saturated carbocycles. The van der Waals surface area contributed by atoms with Gasteiger partial charge >= 0.3 is 0 Å². The molecule has 0 aliphatic carbocycles. The standard InChI is InChI=1S/C22H20N2/c1-15-7-9-17(20-6-4-3-5-19(15)20)11-12-18-10-8-16(2)21-22(18)24-14-13-23-21/h3-10,13-14H,11-12H2,1-2H3. The van der Waals surface area contributed by atoms with E-state index in [1.165, 1.54) is 33.0 Å². The Morgan fingerprint density at radius 1 is 0.625 bits per heavy atom. The minimum atomic E-state index is 0.975. The van der Waals surface area contributed by atoms with Gasteiger partial charge in [-0.15, -0.1) is 0 Å². The average Bonchev–Trinajstić information content (AvgIpc) is 2.63. The summed E-state index contributed by atoms with van der Waals surface area (Å²) >= 11 is 0. The normalized spacial score (nSPS) is 11.2. The summed E-state index contributed by atoms with van der Waals surface area (Å²) in [5.74, 6) is 0. The molecule has 2 nitrogen and oxygen atoms in total. The first-order chi connectivity index (χ1) is 11.7. The van der Waals surface area contributed by atoms with E-state index in [-0.39, 0.29) is 0 Å². The molecule has 0 saturated heterocycles. The summed E-state index contributed by atoms with van der Waals surface area (Å²) in [5, 5.41) is 2.71. The molecule has 2 heteroatoms. The van der Waals surface area contributed by atoms with Gasteiger partial charge in [0.2, 0.25) is 0 Å². The lowest BCUT2D eigenvalue weighted by Crippen LogP contribution is -1.97. The molecule has 0 N–H and O–H groups in total. The molecule has 1 aromatic heterocycles. The number of nitrogens with zero attached hydrogens (tertiary/aromatic N) is 2. The van der Waals surface area contributed by atoms with Gasteiger partial charge < -0.3 is 0 Å². The smallest absolute Gasteiger partial charge is 0.0921 e. The summed E-state index contributed by atoms with van der Waals surface area (Å²) in [5.41, 5.74) is 7.24. The van der Waals surface area contributed by atoms with E-state index >= 15 is 0 Å². The molecule has 0 aliphatic heterocycles. The van der Waals surface area contributed by atoms with Crippen molar-refractivity contribution in [1.82, 2.24) is 9.97 Å². The van der Waals surface area contributed by atoms with E-state index in [1.54, 1.807) is 12.4 Å². The lowest BCUT2D eigenvalue weighted by atomic mass is 9.95. The van der Waals surface area contributed by atoms with Crippen molar-refractivity contribution in [2.24, 2.45) is 0 Å². The predicted octanol–water partition coefficient (Wildman–Crippen LogP) is 5.19. The molecule has 0 spiro atoms. The molecule has 0 atom stereocenters. The third kappa shape index (κ3) is 2.54. The van der Waals surface area contributed by atoms with Crippen molar-refractivity contribution in [3.63, 3.8) is 0 Å². The van der Waals surface area contributed by atoms with Gasteiger partial charge in [0.25, 0.3) is 0 Å². The molecule has 4 aromatic rings.